The summed E-state index contributed by atoms with van der Waals surface area (Å²) < 4.78 is 0. The Morgan fingerprint density at radius 3 is 3.03 bits per heavy atom. The molecule has 0 radical (unpaired) electrons. The van der Waals surface area contributed by atoms with E-state index in [0.717, 1.165) is 57.9 Å². The molecule has 7 nitrogen and oxygen atoms in total. The number of hydrogen-bond acceptors (Lipinski definition) is 6. The molecule has 3 heterocycles. The molecule has 1 spiro atoms. The molecule has 1 fully saturated rings. The fourth-order valence-corrected chi connectivity index (χ4v) is 7.33. The maximum atomic E-state index is 13.3. The molecule has 5 rings (SSSR count). The number of fused-ring (bicyclic) bond motifs is 3. The van der Waals surface area contributed by atoms with Crippen LogP contribution in [0.1, 0.15) is 52.6 Å². The van der Waals surface area contributed by atoms with E-state index in [9.17, 15) is 19.6 Å². The molecule has 1 aliphatic heterocycles. The van der Waals surface area contributed by atoms with Crippen LogP contribution in [0.2, 0.25) is 0 Å². The molecule has 2 atom stereocenters. The minimum Gasteiger partial charge on any atom is -0.319 e. The largest absolute Gasteiger partial charge is 0.325 e. The predicted molar refractivity (Wildman–Crippen MR) is 118 cm³/mol. The van der Waals surface area contributed by atoms with E-state index in [4.69, 9.17) is 0 Å². The van der Waals surface area contributed by atoms with Gasteiger partial charge in [-0.15, -0.1) is 22.7 Å². The molecule has 9 heteroatoms. The van der Waals surface area contributed by atoms with Gasteiger partial charge in [0.05, 0.1) is 5.56 Å². The van der Waals surface area contributed by atoms with Crippen molar-refractivity contribution in [3.8, 4) is 6.07 Å². The summed E-state index contributed by atoms with van der Waals surface area (Å²) in [5.41, 5.74) is 1.35. The number of anilines is 1. The molecule has 31 heavy (non-hydrogen) atoms. The first-order chi connectivity index (χ1) is 14.9. The molecule has 2 aromatic rings. The average molecular weight is 455 g/mol. The van der Waals surface area contributed by atoms with E-state index in [0.29, 0.717) is 22.9 Å². The lowest BCUT2D eigenvalue weighted by molar-refractivity contribution is -0.134. The molecule has 2 aromatic heterocycles. The number of thiophene rings is 2. The smallest absolute Gasteiger partial charge is 0.319 e. The van der Waals surface area contributed by atoms with Crippen LogP contribution in [-0.2, 0) is 34.4 Å². The Bertz CT molecular complexity index is 1140. The average Bonchev–Trinajstić information content (AvgIpc) is 3.40. The number of hydrogen-bond donors (Lipinski definition) is 2. The normalized spacial score (nSPS) is 24.5. The number of imide groups is 1. The van der Waals surface area contributed by atoms with Crippen molar-refractivity contribution in [3.63, 3.8) is 0 Å². The summed E-state index contributed by atoms with van der Waals surface area (Å²) in [6, 6.07) is 3.58. The van der Waals surface area contributed by atoms with Gasteiger partial charge in [-0.3, -0.25) is 14.5 Å². The molecule has 0 unspecified atom stereocenters. The third-order valence-electron chi connectivity index (χ3n) is 6.51. The van der Waals surface area contributed by atoms with Crippen LogP contribution in [0.25, 0.3) is 0 Å². The highest BCUT2D eigenvalue weighted by Gasteiger charge is 2.54. The van der Waals surface area contributed by atoms with E-state index in [1.165, 1.54) is 11.3 Å². The second-order valence-corrected chi connectivity index (χ2v) is 10.7. The summed E-state index contributed by atoms with van der Waals surface area (Å²) >= 11 is 3.03. The van der Waals surface area contributed by atoms with Gasteiger partial charge in [0.1, 0.15) is 23.2 Å². The molecular formula is C22H22N4O3S2. The van der Waals surface area contributed by atoms with Gasteiger partial charge in [0.25, 0.3) is 5.91 Å². The van der Waals surface area contributed by atoms with Gasteiger partial charge < -0.3 is 10.6 Å². The lowest BCUT2D eigenvalue weighted by Gasteiger charge is -2.31. The molecule has 2 N–H and O–H groups in total. The standard InChI is InChI=1S/C22H22N4O3S2/c1-12-4-5-13-14(10-23)19(31-17(13)9-12)24-18(27)11-26-20(28)22(25-21(26)29)7-2-3-16-15(22)6-8-30-16/h6,8,12H,2-5,7,9,11H2,1H3,(H,24,27)(H,25,29)/t12-,22-/m1/s1. The highest BCUT2D eigenvalue weighted by Crippen LogP contribution is 2.42. The van der Waals surface area contributed by atoms with E-state index in [-0.39, 0.29) is 12.5 Å². The number of carbonyl (C=O) groups excluding carboxylic acids is 3. The zero-order chi connectivity index (χ0) is 21.8. The summed E-state index contributed by atoms with van der Waals surface area (Å²) in [7, 11) is 0. The van der Waals surface area contributed by atoms with Gasteiger partial charge in [-0.2, -0.15) is 5.26 Å². The lowest BCUT2D eigenvalue weighted by Crippen LogP contribution is -2.46. The zero-order valence-corrected chi connectivity index (χ0v) is 18.8. The number of urea groups is 1. The van der Waals surface area contributed by atoms with Crippen molar-refractivity contribution >= 4 is 45.5 Å². The quantitative estimate of drug-likeness (QED) is 0.693. The van der Waals surface area contributed by atoms with Crippen molar-refractivity contribution in [2.24, 2.45) is 5.92 Å². The number of rotatable bonds is 3. The van der Waals surface area contributed by atoms with Gasteiger partial charge in [-0.05, 0) is 61.5 Å². The topological polar surface area (TPSA) is 102 Å². The van der Waals surface area contributed by atoms with Gasteiger partial charge in [0.15, 0.2) is 0 Å². The van der Waals surface area contributed by atoms with Crippen molar-refractivity contribution in [2.75, 3.05) is 11.9 Å². The Balaban J connectivity index is 1.35. The van der Waals surface area contributed by atoms with Gasteiger partial charge in [0.2, 0.25) is 5.91 Å². The minimum atomic E-state index is -1.05. The molecular weight excluding hydrogens is 432 g/mol. The molecule has 1 saturated heterocycles. The highest BCUT2D eigenvalue weighted by atomic mass is 32.1. The first-order valence-corrected chi connectivity index (χ1v) is 12.2. The number of nitrogens with one attached hydrogen (secondary N) is 2. The van der Waals surface area contributed by atoms with Gasteiger partial charge in [0, 0.05) is 15.3 Å². The van der Waals surface area contributed by atoms with Crippen LogP contribution in [0.15, 0.2) is 11.4 Å². The maximum Gasteiger partial charge on any atom is 0.325 e. The summed E-state index contributed by atoms with van der Waals surface area (Å²) in [6.45, 7) is 1.82. The fourth-order valence-electron chi connectivity index (χ4n) is 4.95. The number of aryl methyl sites for hydroxylation is 1. The van der Waals surface area contributed by atoms with Crippen LogP contribution < -0.4 is 10.6 Å². The molecule has 0 bridgehead atoms. The first-order valence-electron chi connectivity index (χ1n) is 10.5. The second-order valence-electron chi connectivity index (χ2n) is 8.55. The molecule has 3 aliphatic rings. The molecule has 0 aromatic carbocycles. The summed E-state index contributed by atoms with van der Waals surface area (Å²) in [6.07, 6.45) is 5.02. The lowest BCUT2D eigenvalue weighted by atomic mass is 9.80. The van der Waals surface area contributed by atoms with Crippen LogP contribution in [0, 0.1) is 17.2 Å². The third kappa shape index (κ3) is 3.17. The van der Waals surface area contributed by atoms with Crippen LogP contribution in [-0.4, -0.2) is 29.3 Å². The second kappa shape index (κ2) is 7.46. The summed E-state index contributed by atoms with van der Waals surface area (Å²) in [5.74, 6) is -0.280. The number of amides is 4. The molecule has 2 aliphatic carbocycles. The maximum absolute atomic E-state index is 13.3. The Morgan fingerprint density at radius 1 is 1.39 bits per heavy atom. The van der Waals surface area contributed by atoms with Crippen LogP contribution in [0.3, 0.4) is 0 Å². The van der Waals surface area contributed by atoms with Gasteiger partial charge in [-0.1, -0.05) is 6.92 Å². The summed E-state index contributed by atoms with van der Waals surface area (Å²) in [5, 5.41) is 17.7. The van der Waals surface area contributed by atoms with Gasteiger partial charge in [-0.25, -0.2) is 4.79 Å². The van der Waals surface area contributed by atoms with E-state index >= 15 is 0 Å². The number of nitriles is 1. The van der Waals surface area contributed by atoms with Crippen molar-refractivity contribution < 1.29 is 14.4 Å². The van der Waals surface area contributed by atoms with Crippen molar-refractivity contribution in [1.82, 2.24) is 10.2 Å². The highest BCUT2D eigenvalue weighted by molar-refractivity contribution is 7.16. The molecule has 160 valence electrons. The minimum absolute atomic E-state index is 0.365. The van der Waals surface area contributed by atoms with Crippen molar-refractivity contribution in [1.29, 1.82) is 5.26 Å². The Hall–Kier alpha value is -2.70. The number of nitrogens with zero attached hydrogens (tertiary/aromatic N) is 2. The van der Waals surface area contributed by atoms with E-state index in [1.54, 1.807) is 11.3 Å². The van der Waals surface area contributed by atoms with E-state index < -0.39 is 17.5 Å². The van der Waals surface area contributed by atoms with Crippen LogP contribution in [0.5, 0.6) is 0 Å². The van der Waals surface area contributed by atoms with Gasteiger partial charge >= 0.3 is 6.03 Å². The zero-order valence-electron chi connectivity index (χ0n) is 17.1. The molecule has 4 amide bonds. The van der Waals surface area contributed by atoms with Crippen LogP contribution >= 0.6 is 22.7 Å². The SMILES string of the molecule is C[C@@H]1CCc2c(sc(NC(=O)CN3C(=O)N[C@@]4(CCCc5sccc54)C3=O)c2C#N)C1. The van der Waals surface area contributed by atoms with E-state index in [2.05, 4.69) is 23.6 Å². The fraction of sp³-hybridized carbons (Fsp3) is 0.455. The molecule has 0 saturated carbocycles. The first kappa shape index (κ1) is 20.2. The van der Waals surface area contributed by atoms with E-state index in [1.807, 2.05) is 11.4 Å². The monoisotopic (exact) mass is 454 g/mol. The Labute approximate surface area is 188 Å². The number of carbonyl (C=O) groups is 3. The van der Waals surface area contributed by atoms with Crippen molar-refractivity contribution in [3.05, 3.63) is 37.9 Å². The third-order valence-corrected chi connectivity index (χ3v) is 8.67. The predicted octanol–water partition coefficient (Wildman–Crippen LogP) is 3.53. The summed E-state index contributed by atoms with van der Waals surface area (Å²) in [4.78, 5) is 42.0. The van der Waals surface area contributed by atoms with Crippen LogP contribution in [0.4, 0.5) is 9.80 Å². The van der Waals surface area contributed by atoms with Crippen molar-refractivity contribution in [2.45, 2.75) is 51.0 Å². The Kier molecular flexibility index (Phi) is 4.87. The Morgan fingerprint density at radius 2 is 2.23 bits per heavy atom.